The van der Waals surface area contributed by atoms with E-state index in [0.717, 1.165) is 18.4 Å². The quantitative estimate of drug-likeness (QED) is 0.763. The molecule has 32 heavy (non-hydrogen) atoms. The summed E-state index contributed by atoms with van der Waals surface area (Å²) in [5, 5.41) is 7.12. The highest BCUT2D eigenvalue weighted by Gasteiger charge is 2.46. The number of carbonyl (C=O) groups excluding carboxylic acids is 1. The third-order valence-electron chi connectivity index (χ3n) is 5.07. The zero-order valence-electron chi connectivity index (χ0n) is 17.2. The fraction of sp³-hybridized carbons (Fsp3) is 0.429. The molecule has 1 saturated heterocycles. The number of hydrogen-bond acceptors (Lipinski definition) is 6. The number of aromatic nitrogens is 2. The number of carboxylic acids is 1. The van der Waals surface area contributed by atoms with E-state index in [4.69, 9.17) is 19.4 Å². The van der Waals surface area contributed by atoms with Crippen LogP contribution in [0, 0.1) is 6.92 Å². The van der Waals surface area contributed by atoms with Crippen LogP contribution in [0.2, 0.25) is 0 Å². The summed E-state index contributed by atoms with van der Waals surface area (Å²) < 4.78 is 43.7. The molecule has 0 spiro atoms. The van der Waals surface area contributed by atoms with Gasteiger partial charge in [0.05, 0.1) is 18.2 Å². The molecule has 2 aliphatic rings. The number of fused-ring (bicyclic) bond motifs is 1. The van der Waals surface area contributed by atoms with E-state index in [1.807, 2.05) is 36.1 Å². The lowest BCUT2D eigenvalue weighted by Crippen LogP contribution is -2.54. The zero-order chi connectivity index (χ0) is 23.3. The van der Waals surface area contributed by atoms with E-state index < -0.39 is 12.1 Å². The summed E-state index contributed by atoms with van der Waals surface area (Å²) in [6.45, 7) is 3.07. The highest BCUT2D eigenvalue weighted by atomic mass is 19.4. The van der Waals surface area contributed by atoms with Gasteiger partial charge in [0, 0.05) is 31.2 Å². The number of hydrogen-bond donors (Lipinski definition) is 1. The van der Waals surface area contributed by atoms with Crippen LogP contribution in [-0.2, 0) is 9.53 Å². The van der Waals surface area contributed by atoms with E-state index in [9.17, 15) is 18.0 Å². The van der Waals surface area contributed by atoms with Gasteiger partial charge in [-0.1, -0.05) is 6.07 Å². The van der Waals surface area contributed by atoms with E-state index in [1.165, 1.54) is 0 Å². The molecule has 172 valence electrons. The van der Waals surface area contributed by atoms with Crippen molar-refractivity contribution in [3.63, 3.8) is 0 Å². The van der Waals surface area contributed by atoms with E-state index in [1.54, 1.807) is 18.6 Å². The average molecular weight is 453 g/mol. The fourth-order valence-electron chi connectivity index (χ4n) is 3.70. The smallest absolute Gasteiger partial charge is 0.475 e. The molecule has 0 aromatic carbocycles. The van der Waals surface area contributed by atoms with Gasteiger partial charge in [-0.05, 0) is 37.5 Å². The second kappa shape index (κ2) is 9.94. The van der Waals surface area contributed by atoms with Crippen LogP contribution < -0.4 is 4.74 Å². The van der Waals surface area contributed by atoms with Crippen molar-refractivity contribution in [2.45, 2.75) is 44.2 Å². The Hall–Kier alpha value is -3.21. The lowest BCUT2D eigenvalue weighted by molar-refractivity contribution is -0.192. The minimum atomic E-state index is -5.08. The van der Waals surface area contributed by atoms with Gasteiger partial charge >= 0.3 is 12.1 Å². The number of aliphatic carboxylic acids is 1. The molecular weight excluding hydrogens is 431 g/mol. The number of morpholine rings is 1. The second-order valence-corrected chi connectivity index (χ2v) is 7.36. The topological polar surface area (TPSA) is 102 Å². The first-order chi connectivity index (χ1) is 15.2. The Morgan fingerprint density at radius 1 is 1.25 bits per heavy atom. The van der Waals surface area contributed by atoms with Gasteiger partial charge in [0.25, 0.3) is 5.91 Å². The van der Waals surface area contributed by atoms with E-state index in [2.05, 4.69) is 9.97 Å². The molecule has 2 aromatic rings. The number of nitrogens with zero attached hydrogens (tertiary/aromatic N) is 3. The molecule has 3 heterocycles. The molecule has 1 saturated carbocycles. The van der Waals surface area contributed by atoms with Crippen molar-refractivity contribution in [2.75, 3.05) is 13.2 Å². The maximum atomic E-state index is 12.9. The lowest BCUT2D eigenvalue weighted by atomic mass is 10.1. The number of carboxylic acid groups (broad SMARTS) is 1. The molecule has 0 unspecified atom stereocenters. The minimum absolute atomic E-state index is 0.0213. The maximum Gasteiger partial charge on any atom is 0.490 e. The van der Waals surface area contributed by atoms with Crippen LogP contribution in [0.1, 0.15) is 28.8 Å². The van der Waals surface area contributed by atoms with Crippen LogP contribution in [0.5, 0.6) is 5.88 Å². The molecule has 2 aromatic heterocycles. The molecule has 4 rings (SSSR count). The van der Waals surface area contributed by atoms with Crippen molar-refractivity contribution in [3.8, 4) is 5.88 Å². The molecule has 0 radical (unpaired) electrons. The van der Waals surface area contributed by atoms with Gasteiger partial charge < -0.3 is 19.5 Å². The summed E-state index contributed by atoms with van der Waals surface area (Å²) in [7, 11) is 0. The number of carbonyl (C=O) groups is 2. The summed E-state index contributed by atoms with van der Waals surface area (Å²) in [5.41, 5.74) is 1.62. The van der Waals surface area contributed by atoms with Gasteiger partial charge in [-0.25, -0.2) is 9.78 Å². The van der Waals surface area contributed by atoms with Crippen molar-refractivity contribution in [1.82, 2.24) is 14.9 Å². The summed E-state index contributed by atoms with van der Waals surface area (Å²) in [4.78, 5) is 32.1. The van der Waals surface area contributed by atoms with Crippen molar-refractivity contribution in [1.29, 1.82) is 0 Å². The summed E-state index contributed by atoms with van der Waals surface area (Å²) in [5.74, 6) is -2.14. The average Bonchev–Trinajstić information content (AvgIpc) is 3.16. The fourth-order valence-corrected chi connectivity index (χ4v) is 3.70. The van der Waals surface area contributed by atoms with Crippen molar-refractivity contribution >= 4 is 11.9 Å². The number of halogens is 3. The van der Waals surface area contributed by atoms with Crippen molar-refractivity contribution < 1.29 is 37.3 Å². The lowest BCUT2D eigenvalue weighted by Gasteiger charge is -2.39. The first-order valence-electron chi connectivity index (χ1n) is 9.89. The van der Waals surface area contributed by atoms with Crippen molar-refractivity contribution in [2.24, 2.45) is 0 Å². The van der Waals surface area contributed by atoms with Gasteiger partial charge in [0.1, 0.15) is 12.2 Å². The van der Waals surface area contributed by atoms with Gasteiger partial charge in [0.15, 0.2) is 0 Å². The minimum Gasteiger partial charge on any atom is -0.475 e. The Bertz CT molecular complexity index is 942. The predicted molar refractivity (Wildman–Crippen MR) is 105 cm³/mol. The number of amides is 1. The summed E-state index contributed by atoms with van der Waals surface area (Å²) >= 11 is 0. The van der Waals surface area contributed by atoms with Crippen LogP contribution >= 0.6 is 0 Å². The Kier molecular flexibility index (Phi) is 7.29. The highest BCUT2D eigenvalue weighted by molar-refractivity contribution is 5.94. The number of aryl methyl sites for hydroxylation is 1. The van der Waals surface area contributed by atoms with E-state index in [0.29, 0.717) is 24.6 Å². The number of rotatable bonds is 3. The van der Waals surface area contributed by atoms with Gasteiger partial charge in [-0.3, -0.25) is 9.78 Å². The third-order valence-corrected chi connectivity index (χ3v) is 5.07. The Morgan fingerprint density at radius 3 is 2.62 bits per heavy atom. The van der Waals surface area contributed by atoms with Gasteiger partial charge in [-0.15, -0.1) is 0 Å². The standard InChI is InChI=1S/C19H21N3O3.C2HF3O2/c1-13-10-14(12-20-11-13)19(23)22-8-9-24-18-15(22)5-6-16(18)25-17-4-2-3-7-21-17;3-2(4,5)1(6)7/h2-4,7,10-12,15-16,18H,5-6,8-9H2,1H3;(H,6,7)/t15-,16+,18+;/m0./s1. The largest absolute Gasteiger partial charge is 0.490 e. The molecule has 11 heteroatoms. The molecule has 8 nitrogen and oxygen atoms in total. The molecule has 1 aliphatic carbocycles. The first kappa shape index (κ1) is 23.5. The summed E-state index contributed by atoms with van der Waals surface area (Å²) in [6, 6.07) is 7.53. The second-order valence-electron chi connectivity index (χ2n) is 7.36. The Balaban J connectivity index is 0.000000360. The van der Waals surface area contributed by atoms with Crippen LogP contribution in [0.3, 0.4) is 0 Å². The first-order valence-corrected chi connectivity index (χ1v) is 9.89. The molecule has 1 amide bonds. The number of pyridine rings is 2. The van der Waals surface area contributed by atoms with Crippen LogP contribution in [0.4, 0.5) is 13.2 Å². The third kappa shape index (κ3) is 5.72. The van der Waals surface area contributed by atoms with Crippen molar-refractivity contribution in [3.05, 3.63) is 54.0 Å². The number of ether oxygens (including phenoxy) is 2. The maximum absolute atomic E-state index is 12.9. The molecule has 1 aliphatic heterocycles. The van der Waals surface area contributed by atoms with E-state index >= 15 is 0 Å². The zero-order valence-corrected chi connectivity index (χ0v) is 17.2. The highest BCUT2D eigenvalue weighted by Crippen LogP contribution is 2.33. The van der Waals surface area contributed by atoms with Crippen LogP contribution in [0.15, 0.2) is 42.9 Å². The van der Waals surface area contributed by atoms with Gasteiger partial charge in [0.2, 0.25) is 5.88 Å². The Morgan fingerprint density at radius 2 is 2.00 bits per heavy atom. The predicted octanol–water partition coefficient (Wildman–Crippen LogP) is 2.87. The number of alkyl halides is 3. The monoisotopic (exact) mass is 453 g/mol. The SMILES string of the molecule is Cc1cncc(C(=O)N2CCO[C@H]3[C@H](Oc4ccccn4)CC[C@@H]32)c1.O=C(O)C(F)(F)F. The van der Waals surface area contributed by atoms with Gasteiger partial charge in [-0.2, -0.15) is 13.2 Å². The molecule has 3 atom stereocenters. The molecule has 0 bridgehead atoms. The van der Waals surface area contributed by atoms with Crippen LogP contribution in [0.25, 0.3) is 0 Å². The Labute approximate surface area is 182 Å². The van der Waals surface area contributed by atoms with Crippen LogP contribution in [-0.4, -0.2) is 69.4 Å². The molecule has 2 fully saturated rings. The normalized spacial score (nSPS) is 22.4. The molecular formula is C21H22F3N3O5. The van der Waals surface area contributed by atoms with E-state index in [-0.39, 0.29) is 24.2 Å². The summed E-state index contributed by atoms with van der Waals surface area (Å²) in [6.07, 6.45) is 1.55. The molecule has 1 N–H and O–H groups in total.